The molecular weight excluding hydrogens is 330 g/mol. The number of carbonyl (C=O) groups excluding carboxylic acids is 2. The summed E-state index contributed by atoms with van der Waals surface area (Å²) >= 11 is 1.42. The third kappa shape index (κ3) is 3.44. The largest absolute Gasteiger partial charge is 0.481 e. The van der Waals surface area contributed by atoms with Gasteiger partial charge >= 0.3 is 5.97 Å². The summed E-state index contributed by atoms with van der Waals surface area (Å²) in [6, 6.07) is 3.65. The fourth-order valence-electron chi connectivity index (χ4n) is 3.40. The molecule has 0 saturated carbocycles. The van der Waals surface area contributed by atoms with Crippen molar-refractivity contribution in [2.24, 2.45) is 5.92 Å². The fourth-order valence-corrected chi connectivity index (χ4v) is 4.09. The molecule has 0 aromatic carbocycles. The molecule has 3 heterocycles. The van der Waals surface area contributed by atoms with E-state index in [0.29, 0.717) is 37.6 Å². The molecule has 1 N–H and O–H groups in total. The summed E-state index contributed by atoms with van der Waals surface area (Å²) in [5.74, 6) is -1.57. The highest BCUT2D eigenvalue weighted by Gasteiger charge is 2.38. The van der Waals surface area contributed by atoms with Gasteiger partial charge < -0.3 is 14.9 Å². The van der Waals surface area contributed by atoms with Crippen LogP contribution in [0, 0.1) is 5.92 Å². The van der Waals surface area contributed by atoms with Gasteiger partial charge in [-0.1, -0.05) is 6.07 Å². The molecule has 1 aromatic heterocycles. The van der Waals surface area contributed by atoms with Crippen LogP contribution in [-0.2, 0) is 9.59 Å². The number of carboxylic acids is 1. The van der Waals surface area contributed by atoms with Crippen molar-refractivity contribution in [1.29, 1.82) is 0 Å². The Balaban J connectivity index is 1.75. The molecule has 8 heteroatoms. The minimum Gasteiger partial charge on any atom is -0.481 e. The van der Waals surface area contributed by atoms with Crippen LogP contribution in [0.5, 0.6) is 0 Å². The van der Waals surface area contributed by atoms with Crippen LogP contribution in [0.1, 0.15) is 16.6 Å². The van der Waals surface area contributed by atoms with Crippen molar-refractivity contribution in [3.05, 3.63) is 22.4 Å². The average Bonchev–Trinajstić information content (AvgIpc) is 3.00. The van der Waals surface area contributed by atoms with E-state index in [4.69, 9.17) is 0 Å². The highest BCUT2D eigenvalue weighted by atomic mass is 32.1. The van der Waals surface area contributed by atoms with E-state index in [0.717, 1.165) is 0 Å². The van der Waals surface area contributed by atoms with Crippen LogP contribution in [0.15, 0.2) is 17.5 Å². The zero-order valence-electron chi connectivity index (χ0n) is 13.6. The quantitative estimate of drug-likeness (QED) is 0.836. The summed E-state index contributed by atoms with van der Waals surface area (Å²) in [6.07, 6.45) is 0. The number of nitrogens with zero attached hydrogens (tertiary/aromatic N) is 3. The van der Waals surface area contributed by atoms with Gasteiger partial charge in [-0.2, -0.15) is 0 Å². The van der Waals surface area contributed by atoms with Crippen molar-refractivity contribution >= 4 is 29.1 Å². The van der Waals surface area contributed by atoms with Gasteiger partial charge in [0, 0.05) is 52.2 Å². The zero-order chi connectivity index (χ0) is 17.3. The number of fused-ring (bicyclic) bond motifs is 1. The molecular formula is C16H21N3O4S. The maximum Gasteiger partial charge on any atom is 0.309 e. The van der Waals surface area contributed by atoms with Gasteiger partial charge in [-0.3, -0.25) is 19.3 Å². The van der Waals surface area contributed by atoms with Crippen LogP contribution in [0.4, 0.5) is 0 Å². The standard InChI is InChI=1S/C16H21N3O4S/c1-11(20)19-8-12(16(22)23)7-17-4-5-18(9-13(17)10-19)15(21)14-3-2-6-24-14/h2-3,6,12-13H,4-5,7-10H2,1H3,(H,22,23). The molecule has 2 saturated heterocycles. The number of piperazine rings is 1. The molecule has 1 aromatic rings. The van der Waals surface area contributed by atoms with Crippen molar-refractivity contribution in [2.45, 2.75) is 13.0 Å². The number of carboxylic acid groups (broad SMARTS) is 1. The topological polar surface area (TPSA) is 81.2 Å². The Bertz CT molecular complexity index is 633. The lowest BCUT2D eigenvalue weighted by atomic mass is 10.1. The molecule has 0 bridgehead atoms. The number of amides is 2. The first-order chi connectivity index (χ1) is 11.5. The first-order valence-corrected chi connectivity index (χ1v) is 8.89. The summed E-state index contributed by atoms with van der Waals surface area (Å²) in [4.78, 5) is 42.1. The van der Waals surface area contributed by atoms with Crippen molar-refractivity contribution < 1.29 is 19.5 Å². The van der Waals surface area contributed by atoms with Crippen LogP contribution in [0.3, 0.4) is 0 Å². The molecule has 3 rings (SSSR count). The van der Waals surface area contributed by atoms with E-state index in [2.05, 4.69) is 4.90 Å². The molecule has 24 heavy (non-hydrogen) atoms. The second-order valence-corrected chi connectivity index (χ2v) is 7.28. The predicted molar refractivity (Wildman–Crippen MR) is 89.0 cm³/mol. The fraction of sp³-hybridized carbons (Fsp3) is 0.562. The van der Waals surface area contributed by atoms with E-state index >= 15 is 0 Å². The number of carbonyl (C=O) groups is 3. The number of hydrogen-bond donors (Lipinski definition) is 1. The Kier molecular flexibility index (Phi) is 4.86. The van der Waals surface area contributed by atoms with Gasteiger partial charge in [0.25, 0.3) is 5.91 Å². The molecule has 7 nitrogen and oxygen atoms in total. The molecule has 2 atom stereocenters. The van der Waals surface area contributed by atoms with Gasteiger partial charge in [-0.25, -0.2) is 0 Å². The monoisotopic (exact) mass is 351 g/mol. The number of hydrogen-bond acceptors (Lipinski definition) is 5. The minimum absolute atomic E-state index is 0.0121. The van der Waals surface area contributed by atoms with Gasteiger partial charge in [0.05, 0.1) is 10.8 Å². The summed E-state index contributed by atoms with van der Waals surface area (Å²) < 4.78 is 0. The first-order valence-electron chi connectivity index (χ1n) is 8.01. The first kappa shape index (κ1) is 16.9. The van der Waals surface area contributed by atoms with E-state index in [9.17, 15) is 19.5 Å². The Morgan fingerprint density at radius 3 is 2.50 bits per heavy atom. The van der Waals surface area contributed by atoms with Crippen molar-refractivity contribution in [1.82, 2.24) is 14.7 Å². The molecule has 0 aliphatic carbocycles. The Labute approximate surface area is 144 Å². The molecule has 0 radical (unpaired) electrons. The van der Waals surface area contributed by atoms with Gasteiger partial charge in [0.1, 0.15) is 0 Å². The third-order valence-corrected chi connectivity index (χ3v) is 5.60. The maximum atomic E-state index is 12.6. The van der Waals surface area contributed by atoms with Gasteiger partial charge in [0.2, 0.25) is 5.91 Å². The second kappa shape index (κ2) is 6.90. The van der Waals surface area contributed by atoms with Crippen LogP contribution in [-0.4, -0.2) is 82.9 Å². The normalized spacial score (nSPS) is 25.0. The van der Waals surface area contributed by atoms with Gasteiger partial charge in [-0.05, 0) is 11.4 Å². The molecule has 2 amide bonds. The molecule has 2 aliphatic heterocycles. The van der Waals surface area contributed by atoms with E-state index < -0.39 is 11.9 Å². The predicted octanol–water partition coefficient (Wildman–Crippen LogP) is 0.437. The average molecular weight is 351 g/mol. The lowest BCUT2D eigenvalue weighted by Gasteiger charge is -2.41. The number of thiophene rings is 1. The van der Waals surface area contributed by atoms with E-state index in [1.54, 1.807) is 4.90 Å². The van der Waals surface area contributed by atoms with Gasteiger partial charge in [0.15, 0.2) is 0 Å². The summed E-state index contributed by atoms with van der Waals surface area (Å²) in [6.45, 7) is 4.32. The van der Waals surface area contributed by atoms with E-state index in [1.165, 1.54) is 18.3 Å². The van der Waals surface area contributed by atoms with Crippen LogP contribution >= 0.6 is 11.3 Å². The van der Waals surface area contributed by atoms with Crippen LogP contribution in [0.2, 0.25) is 0 Å². The van der Waals surface area contributed by atoms with E-state index in [-0.39, 0.29) is 24.4 Å². The molecule has 2 unspecified atom stereocenters. The lowest BCUT2D eigenvalue weighted by Crippen LogP contribution is -2.57. The molecule has 0 spiro atoms. The maximum absolute atomic E-state index is 12.6. The second-order valence-electron chi connectivity index (χ2n) is 6.34. The smallest absolute Gasteiger partial charge is 0.309 e. The molecule has 130 valence electrons. The summed E-state index contributed by atoms with van der Waals surface area (Å²) in [5, 5.41) is 11.3. The summed E-state index contributed by atoms with van der Waals surface area (Å²) in [5.41, 5.74) is 0. The Morgan fingerprint density at radius 2 is 1.88 bits per heavy atom. The Hall–Kier alpha value is -1.93. The Morgan fingerprint density at radius 1 is 1.12 bits per heavy atom. The molecule has 2 aliphatic rings. The number of aliphatic carboxylic acids is 1. The highest BCUT2D eigenvalue weighted by Crippen LogP contribution is 2.21. The zero-order valence-corrected chi connectivity index (χ0v) is 14.4. The van der Waals surface area contributed by atoms with Crippen molar-refractivity contribution in [2.75, 3.05) is 39.3 Å². The van der Waals surface area contributed by atoms with Crippen molar-refractivity contribution in [3.63, 3.8) is 0 Å². The minimum atomic E-state index is -0.876. The highest BCUT2D eigenvalue weighted by molar-refractivity contribution is 7.12. The van der Waals surface area contributed by atoms with E-state index in [1.807, 2.05) is 22.4 Å². The molecule has 2 fully saturated rings. The van der Waals surface area contributed by atoms with Crippen LogP contribution < -0.4 is 0 Å². The number of rotatable bonds is 2. The van der Waals surface area contributed by atoms with Crippen molar-refractivity contribution in [3.8, 4) is 0 Å². The van der Waals surface area contributed by atoms with Crippen LogP contribution in [0.25, 0.3) is 0 Å². The lowest BCUT2D eigenvalue weighted by molar-refractivity contribution is -0.143. The van der Waals surface area contributed by atoms with Gasteiger partial charge in [-0.15, -0.1) is 11.3 Å². The SMILES string of the molecule is CC(=O)N1CC(C(=O)O)CN2CCN(C(=O)c3cccs3)CC2C1. The summed E-state index contributed by atoms with van der Waals surface area (Å²) in [7, 11) is 0. The third-order valence-electron chi connectivity index (χ3n) is 4.75.